The molecule has 8 nitrogen and oxygen atoms in total. The third kappa shape index (κ3) is 5.46. The zero-order chi connectivity index (χ0) is 23.5. The van der Waals surface area contributed by atoms with Crippen LogP contribution in [0.5, 0.6) is 11.8 Å². The molecular formula is C22H25ClN4O4S. The Kier molecular flexibility index (Phi) is 7.20. The molecule has 3 rings (SSSR count). The topological polar surface area (TPSA) is 103 Å². The Labute approximate surface area is 192 Å². The summed E-state index contributed by atoms with van der Waals surface area (Å²) < 4.78 is 35.3. The van der Waals surface area contributed by atoms with E-state index in [-0.39, 0.29) is 17.4 Å². The highest BCUT2D eigenvalue weighted by Crippen LogP contribution is 2.32. The number of rotatable bonds is 8. The number of aryl methyl sites for hydroxylation is 2. The fraction of sp³-hybridized carbons (Fsp3) is 0.318. The minimum atomic E-state index is -3.67. The van der Waals surface area contributed by atoms with Crippen molar-refractivity contribution < 1.29 is 13.2 Å². The Hall–Kier alpha value is -2.91. The largest absolute Gasteiger partial charge is 0.422 e. The van der Waals surface area contributed by atoms with Crippen LogP contribution >= 0.6 is 11.6 Å². The SMILES string of the molecule is CCC[C@H](C)S(=O)(=O)Nc1cc(-c2ccc(=O)n(C)c2)nc(Oc2c(C)cccc2Cl)n1. The minimum absolute atomic E-state index is 0.0616. The van der Waals surface area contributed by atoms with Crippen LogP contribution in [-0.2, 0) is 17.1 Å². The molecule has 1 aromatic carbocycles. The molecule has 2 aromatic heterocycles. The number of nitrogens with zero attached hydrogens (tertiary/aromatic N) is 3. The maximum absolute atomic E-state index is 12.7. The Morgan fingerprint density at radius 3 is 2.62 bits per heavy atom. The molecular weight excluding hydrogens is 452 g/mol. The molecule has 3 aromatic rings. The van der Waals surface area contributed by atoms with Crippen LogP contribution in [0.3, 0.4) is 0 Å². The van der Waals surface area contributed by atoms with E-state index < -0.39 is 15.3 Å². The van der Waals surface area contributed by atoms with Crippen LogP contribution in [0.1, 0.15) is 32.3 Å². The molecule has 0 aliphatic heterocycles. The van der Waals surface area contributed by atoms with Gasteiger partial charge in [0, 0.05) is 30.9 Å². The van der Waals surface area contributed by atoms with Crippen molar-refractivity contribution in [1.29, 1.82) is 0 Å². The van der Waals surface area contributed by atoms with E-state index in [0.717, 1.165) is 12.0 Å². The molecule has 0 aliphatic carbocycles. The van der Waals surface area contributed by atoms with Crippen LogP contribution in [0.25, 0.3) is 11.3 Å². The van der Waals surface area contributed by atoms with Crippen molar-refractivity contribution in [3.05, 3.63) is 63.5 Å². The van der Waals surface area contributed by atoms with Crippen LogP contribution in [0.15, 0.2) is 47.4 Å². The van der Waals surface area contributed by atoms with Crippen LogP contribution in [0.2, 0.25) is 5.02 Å². The van der Waals surface area contributed by atoms with E-state index in [0.29, 0.717) is 28.5 Å². The normalized spacial score (nSPS) is 12.4. The summed E-state index contributed by atoms with van der Waals surface area (Å²) in [5.41, 5.74) is 1.57. The number of sulfonamides is 1. The average molecular weight is 477 g/mol. The van der Waals surface area contributed by atoms with Gasteiger partial charge in [-0.3, -0.25) is 9.52 Å². The molecule has 1 atom stereocenters. The zero-order valence-electron chi connectivity index (χ0n) is 18.3. The Balaban J connectivity index is 2.09. The zero-order valence-corrected chi connectivity index (χ0v) is 19.9. The Bertz CT molecular complexity index is 1270. The molecule has 10 heteroatoms. The molecule has 32 heavy (non-hydrogen) atoms. The second-order valence-electron chi connectivity index (χ2n) is 7.52. The number of hydrogen-bond acceptors (Lipinski definition) is 6. The number of ether oxygens (including phenoxy) is 1. The van der Waals surface area contributed by atoms with Crippen LogP contribution in [0.4, 0.5) is 5.82 Å². The van der Waals surface area contributed by atoms with Crippen molar-refractivity contribution in [2.24, 2.45) is 7.05 Å². The molecule has 170 valence electrons. The molecule has 0 fully saturated rings. The van der Waals surface area contributed by atoms with Gasteiger partial charge in [-0.1, -0.05) is 37.1 Å². The lowest BCUT2D eigenvalue weighted by Gasteiger charge is -2.15. The van der Waals surface area contributed by atoms with Gasteiger partial charge >= 0.3 is 6.01 Å². The summed E-state index contributed by atoms with van der Waals surface area (Å²) in [6, 6.07) is 9.73. The lowest BCUT2D eigenvalue weighted by atomic mass is 10.2. The van der Waals surface area contributed by atoms with E-state index in [4.69, 9.17) is 16.3 Å². The van der Waals surface area contributed by atoms with Crippen molar-refractivity contribution in [2.45, 2.75) is 38.9 Å². The number of halogens is 1. The molecule has 0 bridgehead atoms. The molecule has 0 aliphatic rings. The van der Waals surface area contributed by atoms with Gasteiger partial charge in [-0.05, 0) is 38.0 Å². The molecule has 0 spiro atoms. The molecule has 2 heterocycles. The highest BCUT2D eigenvalue weighted by molar-refractivity contribution is 7.93. The lowest BCUT2D eigenvalue weighted by molar-refractivity contribution is 0.440. The molecule has 0 amide bonds. The summed E-state index contributed by atoms with van der Waals surface area (Å²) in [6.45, 7) is 5.39. The molecule has 0 saturated carbocycles. The van der Waals surface area contributed by atoms with E-state index in [9.17, 15) is 13.2 Å². The van der Waals surface area contributed by atoms with E-state index in [1.807, 2.05) is 19.9 Å². The van der Waals surface area contributed by atoms with Gasteiger partial charge in [-0.2, -0.15) is 9.97 Å². The highest BCUT2D eigenvalue weighted by atomic mass is 35.5. The van der Waals surface area contributed by atoms with Gasteiger partial charge in [-0.25, -0.2) is 8.42 Å². The average Bonchev–Trinajstić information content (AvgIpc) is 2.72. The summed E-state index contributed by atoms with van der Waals surface area (Å²) in [6.07, 6.45) is 2.85. The smallest absolute Gasteiger partial charge is 0.324 e. The highest BCUT2D eigenvalue weighted by Gasteiger charge is 2.22. The molecule has 0 unspecified atom stereocenters. The maximum Gasteiger partial charge on any atom is 0.324 e. The fourth-order valence-corrected chi connectivity index (χ4v) is 4.47. The van der Waals surface area contributed by atoms with E-state index in [1.54, 1.807) is 38.4 Å². The first-order valence-electron chi connectivity index (χ1n) is 10.1. The minimum Gasteiger partial charge on any atom is -0.422 e. The van der Waals surface area contributed by atoms with Gasteiger partial charge < -0.3 is 9.30 Å². The summed E-state index contributed by atoms with van der Waals surface area (Å²) >= 11 is 6.27. The van der Waals surface area contributed by atoms with Crippen LogP contribution in [0, 0.1) is 6.92 Å². The number of pyridine rings is 1. The third-order valence-corrected chi connectivity index (χ3v) is 7.00. The van der Waals surface area contributed by atoms with Gasteiger partial charge in [-0.15, -0.1) is 0 Å². The predicted molar refractivity (Wildman–Crippen MR) is 126 cm³/mol. The standard InChI is InChI=1S/C22H25ClN4O4S/c1-5-7-15(3)32(29,30)26-19-12-18(16-10-11-20(28)27(4)13-16)24-22(25-19)31-21-14(2)8-6-9-17(21)23/h6,8-13,15H,5,7H2,1-4H3,(H,24,25,26)/t15-/m0/s1. The number of nitrogens with one attached hydrogen (secondary N) is 1. The summed E-state index contributed by atoms with van der Waals surface area (Å²) in [7, 11) is -2.05. The number of benzene rings is 1. The fourth-order valence-electron chi connectivity index (χ4n) is 3.06. The van der Waals surface area contributed by atoms with Crippen molar-refractivity contribution >= 4 is 27.4 Å². The second-order valence-corrected chi connectivity index (χ2v) is 10.0. The quantitative estimate of drug-likeness (QED) is 0.512. The number of anilines is 1. The van der Waals surface area contributed by atoms with Crippen molar-refractivity contribution in [2.75, 3.05) is 4.72 Å². The van der Waals surface area contributed by atoms with Crippen molar-refractivity contribution in [3.8, 4) is 23.0 Å². The predicted octanol–water partition coefficient (Wildman–Crippen LogP) is 4.53. The Morgan fingerprint density at radius 1 is 1.22 bits per heavy atom. The van der Waals surface area contributed by atoms with Crippen LogP contribution in [-0.4, -0.2) is 28.2 Å². The number of hydrogen-bond donors (Lipinski definition) is 1. The second kappa shape index (κ2) is 9.70. The summed E-state index contributed by atoms with van der Waals surface area (Å²) in [4.78, 5) is 20.5. The maximum atomic E-state index is 12.7. The van der Waals surface area contributed by atoms with Crippen molar-refractivity contribution in [1.82, 2.24) is 14.5 Å². The molecule has 0 radical (unpaired) electrons. The van der Waals surface area contributed by atoms with E-state index in [1.165, 1.54) is 16.7 Å². The molecule has 0 saturated heterocycles. The first kappa shape index (κ1) is 23.7. The lowest BCUT2D eigenvalue weighted by Crippen LogP contribution is -2.25. The van der Waals surface area contributed by atoms with Gasteiger partial charge in [0.25, 0.3) is 0 Å². The third-order valence-electron chi connectivity index (χ3n) is 4.92. The first-order valence-corrected chi connectivity index (χ1v) is 12.0. The Morgan fingerprint density at radius 2 is 1.97 bits per heavy atom. The van der Waals surface area contributed by atoms with Gasteiger partial charge in [0.2, 0.25) is 15.6 Å². The number of aromatic nitrogens is 3. The van der Waals surface area contributed by atoms with Gasteiger partial charge in [0.15, 0.2) is 5.75 Å². The molecule has 1 N–H and O–H groups in total. The monoisotopic (exact) mass is 476 g/mol. The van der Waals surface area contributed by atoms with Gasteiger partial charge in [0.05, 0.1) is 16.0 Å². The van der Waals surface area contributed by atoms with Crippen LogP contribution < -0.4 is 15.0 Å². The van der Waals surface area contributed by atoms with E-state index >= 15 is 0 Å². The number of para-hydroxylation sites is 1. The van der Waals surface area contributed by atoms with E-state index in [2.05, 4.69) is 14.7 Å². The first-order chi connectivity index (χ1) is 15.1. The van der Waals surface area contributed by atoms with Gasteiger partial charge in [0.1, 0.15) is 5.82 Å². The summed E-state index contributed by atoms with van der Waals surface area (Å²) in [5.74, 6) is 0.437. The van der Waals surface area contributed by atoms with Crippen molar-refractivity contribution in [3.63, 3.8) is 0 Å². The summed E-state index contributed by atoms with van der Waals surface area (Å²) in [5, 5.41) is -0.224.